The van der Waals surface area contributed by atoms with Gasteiger partial charge in [0.25, 0.3) is 0 Å². The molecule has 1 aliphatic heterocycles. The van der Waals surface area contributed by atoms with E-state index in [2.05, 4.69) is 39.4 Å². The minimum Gasteiger partial charge on any atom is -0.357 e. The number of likely N-dealkylation sites (N-methyl/N-ethyl adjacent to an activating group) is 1. The molecule has 1 saturated heterocycles. The number of hydrogen-bond acceptors (Lipinski definition) is 3. The van der Waals surface area contributed by atoms with Crippen LogP contribution in [0.3, 0.4) is 0 Å². The van der Waals surface area contributed by atoms with Gasteiger partial charge >= 0.3 is 0 Å². The molecule has 2 N–H and O–H groups in total. The van der Waals surface area contributed by atoms with Gasteiger partial charge in [0.2, 0.25) is 0 Å². The average Bonchev–Trinajstić information content (AvgIpc) is 2.82. The number of guanidine groups is 1. The van der Waals surface area contributed by atoms with Gasteiger partial charge in [-0.15, -0.1) is 0 Å². The molecule has 0 unspecified atom stereocenters. The molecule has 0 amide bonds. The van der Waals surface area contributed by atoms with E-state index in [-0.39, 0.29) is 0 Å². The standard InChI is InChI=1S/C19H32ClN5/c1-3-21-19(23-16-17-8-4-5-9-18(17)20)22-10-6-12-25-13-7-11-24(2)14-15-25/h4-5,8-9H,3,6-7,10-16H2,1-2H3,(H2,21,22,23). The Morgan fingerprint density at radius 1 is 1.16 bits per heavy atom. The summed E-state index contributed by atoms with van der Waals surface area (Å²) in [6.07, 6.45) is 2.39. The van der Waals surface area contributed by atoms with Crippen LogP contribution in [0.5, 0.6) is 0 Å². The normalized spacial score (nSPS) is 17.3. The van der Waals surface area contributed by atoms with Gasteiger partial charge in [0.1, 0.15) is 0 Å². The largest absolute Gasteiger partial charge is 0.357 e. The lowest BCUT2D eigenvalue weighted by Gasteiger charge is -2.20. The molecule has 0 radical (unpaired) electrons. The summed E-state index contributed by atoms with van der Waals surface area (Å²) in [7, 11) is 2.21. The van der Waals surface area contributed by atoms with Gasteiger partial charge < -0.3 is 20.4 Å². The maximum absolute atomic E-state index is 6.20. The van der Waals surface area contributed by atoms with Crippen molar-refractivity contribution < 1.29 is 0 Å². The number of hydrogen-bond donors (Lipinski definition) is 2. The van der Waals surface area contributed by atoms with Crippen LogP contribution in [0.1, 0.15) is 25.3 Å². The van der Waals surface area contributed by atoms with Crippen molar-refractivity contribution in [3.8, 4) is 0 Å². The Balaban J connectivity index is 1.73. The summed E-state index contributed by atoms with van der Waals surface area (Å²) in [4.78, 5) is 9.63. The molecule has 5 nitrogen and oxygen atoms in total. The molecule has 1 aromatic carbocycles. The van der Waals surface area contributed by atoms with E-state index in [1.807, 2.05) is 24.3 Å². The van der Waals surface area contributed by atoms with E-state index in [0.29, 0.717) is 6.54 Å². The first-order valence-corrected chi connectivity index (χ1v) is 9.73. The zero-order valence-electron chi connectivity index (χ0n) is 15.6. The fraction of sp³-hybridized carbons (Fsp3) is 0.632. The van der Waals surface area contributed by atoms with E-state index in [9.17, 15) is 0 Å². The van der Waals surface area contributed by atoms with E-state index < -0.39 is 0 Å². The molecule has 0 saturated carbocycles. The van der Waals surface area contributed by atoms with Gasteiger partial charge in [0, 0.05) is 31.2 Å². The van der Waals surface area contributed by atoms with E-state index >= 15 is 0 Å². The third kappa shape index (κ3) is 7.63. The summed E-state index contributed by atoms with van der Waals surface area (Å²) < 4.78 is 0. The zero-order valence-corrected chi connectivity index (χ0v) is 16.4. The van der Waals surface area contributed by atoms with Gasteiger partial charge in [0.15, 0.2) is 5.96 Å². The van der Waals surface area contributed by atoms with Crippen LogP contribution in [0.15, 0.2) is 29.3 Å². The molecule has 0 bridgehead atoms. The lowest BCUT2D eigenvalue weighted by Crippen LogP contribution is -2.39. The molecule has 140 valence electrons. The molecule has 1 aliphatic rings. The van der Waals surface area contributed by atoms with Crippen LogP contribution >= 0.6 is 11.6 Å². The lowest BCUT2D eigenvalue weighted by atomic mass is 10.2. The van der Waals surface area contributed by atoms with Gasteiger partial charge in [-0.2, -0.15) is 0 Å². The molecular formula is C19H32ClN5. The van der Waals surface area contributed by atoms with Crippen LogP contribution in [-0.2, 0) is 6.54 Å². The highest BCUT2D eigenvalue weighted by Gasteiger charge is 2.11. The van der Waals surface area contributed by atoms with Gasteiger partial charge in [-0.25, -0.2) is 4.99 Å². The van der Waals surface area contributed by atoms with Gasteiger partial charge in [-0.05, 0) is 58.1 Å². The van der Waals surface area contributed by atoms with Crippen molar-refractivity contribution >= 4 is 17.6 Å². The topological polar surface area (TPSA) is 42.9 Å². The number of nitrogens with one attached hydrogen (secondary N) is 2. The van der Waals surface area contributed by atoms with E-state index in [1.165, 1.54) is 32.6 Å². The van der Waals surface area contributed by atoms with Crippen molar-refractivity contribution in [3.05, 3.63) is 34.9 Å². The third-order valence-electron chi connectivity index (χ3n) is 4.47. The van der Waals surface area contributed by atoms with Gasteiger partial charge in [-0.3, -0.25) is 0 Å². The van der Waals surface area contributed by atoms with Gasteiger partial charge in [0.05, 0.1) is 6.54 Å². The molecule has 1 fully saturated rings. The number of rotatable bonds is 7. The fourth-order valence-corrected chi connectivity index (χ4v) is 3.16. The summed E-state index contributed by atoms with van der Waals surface area (Å²) in [5.74, 6) is 0.859. The van der Waals surface area contributed by atoms with Gasteiger partial charge in [-0.1, -0.05) is 29.8 Å². The highest BCUT2D eigenvalue weighted by atomic mass is 35.5. The maximum atomic E-state index is 6.20. The quantitative estimate of drug-likeness (QED) is 0.442. The second kappa shape index (κ2) is 11.3. The van der Waals surface area contributed by atoms with Crippen LogP contribution in [0.4, 0.5) is 0 Å². The van der Waals surface area contributed by atoms with Crippen molar-refractivity contribution in [1.29, 1.82) is 0 Å². The summed E-state index contributed by atoms with van der Waals surface area (Å²) >= 11 is 6.20. The molecule has 6 heteroatoms. The Labute approximate surface area is 157 Å². The summed E-state index contributed by atoms with van der Waals surface area (Å²) in [6, 6.07) is 7.87. The molecule has 0 spiro atoms. The number of nitrogens with zero attached hydrogens (tertiary/aromatic N) is 3. The Kier molecular flexibility index (Phi) is 9.08. The second-order valence-electron chi connectivity index (χ2n) is 6.57. The molecule has 2 rings (SSSR count). The molecule has 1 aromatic rings. The first kappa shape index (κ1) is 20.0. The first-order valence-electron chi connectivity index (χ1n) is 9.35. The van der Waals surface area contributed by atoms with Crippen molar-refractivity contribution in [3.63, 3.8) is 0 Å². The van der Waals surface area contributed by atoms with Crippen LogP contribution < -0.4 is 10.6 Å². The molecule has 25 heavy (non-hydrogen) atoms. The van der Waals surface area contributed by atoms with E-state index in [0.717, 1.165) is 42.6 Å². The molecule has 0 aliphatic carbocycles. The molecule has 0 atom stereocenters. The SMILES string of the molecule is CCNC(=NCc1ccccc1Cl)NCCCN1CCCN(C)CC1. The van der Waals surface area contributed by atoms with Crippen LogP contribution in [0.2, 0.25) is 5.02 Å². The Hall–Kier alpha value is -1.30. The van der Waals surface area contributed by atoms with Crippen molar-refractivity contribution in [2.45, 2.75) is 26.3 Å². The smallest absolute Gasteiger partial charge is 0.191 e. The number of aliphatic imine (C=N–C) groups is 1. The van der Waals surface area contributed by atoms with Crippen molar-refractivity contribution in [2.75, 3.05) is 52.9 Å². The zero-order chi connectivity index (χ0) is 17.9. The average molecular weight is 366 g/mol. The first-order chi connectivity index (χ1) is 12.2. The molecule has 0 aromatic heterocycles. The van der Waals surface area contributed by atoms with Crippen LogP contribution in [0.25, 0.3) is 0 Å². The highest BCUT2D eigenvalue weighted by molar-refractivity contribution is 6.31. The summed E-state index contributed by atoms with van der Waals surface area (Å²) in [5, 5.41) is 7.51. The predicted octanol–water partition coefficient (Wildman–Crippen LogP) is 2.42. The Bertz CT molecular complexity index is 534. The molecule has 1 heterocycles. The molecular weight excluding hydrogens is 334 g/mol. The number of halogens is 1. The highest BCUT2D eigenvalue weighted by Crippen LogP contribution is 2.15. The Morgan fingerprint density at radius 2 is 2.00 bits per heavy atom. The summed E-state index contributed by atoms with van der Waals surface area (Å²) in [5.41, 5.74) is 1.05. The predicted molar refractivity (Wildman–Crippen MR) is 107 cm³/mol. The van der Waals surface area contributed by atoms with Crippen LogP contribution in [-0.4, -0.2) is 68.6 Å². The minimum absolute atomic E-state index is 0.591. The van der Waals surface area contributed by atoms with E-state index in [1.54, 1.807) is 0 Å². The second-order valence-corrected chi connectivity index (χ2v) is 6.97. The van der Waals surface area contributed by atoms with Crippen molar-refractivity contribution in [1.82, 2.24) is 20.4 Å². The fourth-order valence-electron chi connectivity index (χ4n) is 2.97. The minimum atomic E-state index is 0.591. The summed E-state index contributed by atoms with van der Waals surface area (Å²) in [6.45, 7) is 10.4. The maximum Gasteiger partial charge on any atom is 0.191 e. The van der Waals surface area contributed by atoms with Crippen LogP contribution in [0, 0.1) is 0 Å². The van der Waals surface area contributed by atoms with Crippen molar-refractivity contribution in [2.24, 2.45) is 4.99 Å². The van der Waals surface area contributed by atoms with E-state index in [4.69, 9.17) is 11.6 Å². The third-order valence-corrected chi connectivity index (χ3v) is 4.83. The Morgan fingerprint density at radius 3 is 2.80 bits per heavy atom. The monoisotopic (exact) mass is 365 g/mol. The lowest BCUT2D eigenvalue weighted by molar-refractivity contribution is 0.274. The number of benzene rings is 1.